The van der Waals surface area contributed by atoms with Gasteiger partial charge < -0.3 is 20.1 Å². The average Bonchev–Trinajstić information content (AvgIpc) is 3.20. The van der Waals surface area contributed by atoms with E-state index in [1.165, 1.54) is 5.56 Å². The highest BCUT2D eigenvalue weighted by atomic mass is 127. The number of guanidine groups is 1. The van der Waals surface area contributed by atoms with Crippen LogP contribution in [0.4, 0.5) is 0 Å². The van der Waals surface area contributed by atoms with Crippen LogP contribution in [0, 0.1) is 5.92 Å². The topological polar surface area (TPSA) is 57.1 Å². The van der Waals surface area contributed by atoms with Crippen molar-refractivity contribution in [3.8, 4) is 5.75 Å². The minimum Gasteiger partial charge on any atom is -0.497 e. The molecule has 1 aliphatic rings. The molecular weight excluding hydrogens is 477 g/mol. The highest BCUT2D eigenvalue weighted by molar-refractivity contribution is 14.0. The molecule has 0 radical (unpaired) electrons. The Kier molecular flexibility index (Phi) is 9.73. The Morgan fingerprint density at radius 3 is 2.76 bits per heavy atom. The van der Waals surface area contributed by atoms with Gasteiger partial charge in [0.2, 0.25) is 0 Å². The predicted octanol–water partition coefficient (Wildman–Crippen LogP) is 3.88. The fourth-order valence-electron chi connectivity index (χ4n) is 3.69. The number of hydrogen-bond acceptors (Lipinski definition) is 3. The van der Waals surface area contributed by atoms with E-state index < -0.39 is 6.10 Å². The number of benzene rings is 2. The fourth-order valence-corrected chi connectivity index (χ4v) is 3.69. The van der Waals surface area contributed by atoms with Crippen molar-refractivity contribution in [2.45, 2.75) is 25.9 Å². The van der Waals surface area contributed by atoms with E-state index in [0.29, 0.717) is 12.5 Å². The normalized spacial score (nSPS) is 17.6. The van der Waals surface area contributed by atoms with Crippen LogP contribution in [-0.4, -0.2) is 49.3 Å². The van der Waals surface area contributed by atoms with E-state index in [0.717, 1.165) is 49.7 Å². The Hall–Kier alpha value is -1.80. The Labute approximate surface area is 191 Å². The first-order chi connectivity index (χ1) is 13.7. The molecule has 0 spiro atoms. The molecule has 1 heterocycles. The van der Waals surface area contributed by atoms with E-state index in [2.05, 4.69) is 47.5 Å². The summed E-state index contributed by atoms with van der Waals surface area (Å²) in [6, 6.07) is 18.2. The molecule has 0 aromatic heterocycles. The lowest BCUT2D eigenvalue weighted by Crippen LogP contribution is -2.40. The first-order valence-electron chi connectivity index (χ1n) is 10.1. The quantitative estimate of drug-likeness (QED) is 0.338. The Morgan fingerprint density at radius 2 is 2.03 bits per heavy atom. The van der Waals surface area contributed by atoms with Gasteiger partial charge in [-0.15, -0.1) is 24.0 Å². The van der Waals surface area contributed by atoms with Gasteiger partial charge in [-0.2, -0.15) is 0 Å². The van der Waals surface area contributed by atoms with E-state index in [1.54, 1.807) is 7.11 Å². The molecular formula is C23H32IN3O2. The molecule has 0 saturated carbocycles. The van der Waals surface area contributed by atoms with Crippen molar-refractivity contribution in [3.63, 3.8) is 0 Å². The molecule has 2 unspecified atom stereocenters. The molecule has 0 amide bonds. The van der Waals surface area contributed by atoms with Crippen molar-refractivity contribution in [3.05, 3.63) is 65.7 Å². The van der Waals surface area contributed by atoms with Crippen LogP contribution in [-0.2, 0) is 6.42 Å². The number of ether oxygens (including phenoxy) is 1. The third kappa shape index (κ3) is 6.89. The molecule has 1 fully saturated rings. The third-order valence-corrected chi connectivity index (χ3v) is 5.18. The third-order valence-electron chi connectivity index (χ3n) is 5.18. The largest absolute Gasteiger partial charge is 0.497 e. The van der Waals surface area contributed by atoms with Crippen molar-refractivity contribution < 1.29 is 9.84 Å². The number of aliphatic hydroxyl groups is 1. The average molecular weight is 509 g/mol. The number of nitrogens with zero attached hydrogens (tertiary/aromatic N) is 2. The fraction of sp³-hybridized carbons (Fsp3) is 0.435. The lowest BCUT2D eigenvalue weighted by Gasteiger charge is -2.22. The number of likely N-dealkylation sites (tertiary alicyclic amines) is 1. The minimum atomic E-state index is -0.647. The number of rotatable bonds is 7. The molecule has 2 N–H and O–H groups in total. The summed E-state index contributed by atoms with van der Waals surface area (Å²) in [5.74, 6) is 2.27. The molecule has 158 valence electrons. The minimum absolute atomic E-state index is 0. The van der Waals surface area contributed by atoms with Crippen LogP contribution in [0.5, 0.6) is 5.75 Å². The zero-order chi connectivity index (χ0) is 19.8. The molecule has 2 aromatic rings. The van der Waals surface area contributed by atoms with Gasteiger partial charge >= 0.3 is 0 Å². The molecule has 6 heteroatoms. The number of aliphatic imine (C=N–C) groups is 1. The summed E-state index contributed by atoms with van der Waals surface area (Å²) in [6.45, 7) is 5.21. The van der Waals surface area contributed by atoms with E-state index in [4.69, 9.17) is 9.73 Å². The van der Waals surface area contributed by atoms with Gasteiger partial charge in [0.15, 0.2) is 5.96 Å². The lowest BCUT2D eigenvalue weighted by atomic mass is 9.99. The summed E-state index contributed by atoms with van der Waals surface area (Å²) in [5.41, 5.74) is 2.21. The molecule has 2 aromatic carbocycles. The summed E-state index contributed by atoms with van der Waals surface area (Å²) in [6.07, 6.45) is 1.62. The Balaban J connectivity index is 0.00000300. The van der Waals surface area contributed by atoms with Crippen molar-refractivity contribution in [2.24, 2.45) is 10.9 Å². The van der Waals surface area contributed by atoms with Crippen molar-refractivity contribution in [1.29, 1.82) is 0 Å². The van der Waals surface area contributed by atoms with Gasteiger partial charge in [0.25, 0.3) is 0 Å². The Morgan fingerprint density at radius 1 is 1.24 bits per heavy atom. The molecule has 1 aliphatic heterocycles. The number of methoxy groups -OCH3 is 1. The first-order valence-corrected chi connectivity index (χ1v) is 10.1. The molecule has 3 rings (SSSR count). The van der Waals surface area contributed by atoms with Crippen molar-refractivity contribution >= 4 is 29.9 Å². The maximum absolute atomic E-state index is 10.5. The predicted molar refractivity (Wildman–Crippen MR) is 129 cm³/mol. The van der Waals surface area contributed by atoms with Gasteiger partial charge in [-0.05, 0) is 48.9 Å². The molecule has 0 aliphatic carbocycles. The number of nitrogens with one attached hydrogen (secondary N) is 1. The summed E-state index contributed by atoms with van der Waals surface area (Å²) >= 11 is 0. The maximum atomic E-state index is 10.5. The first kappa shape index (κ1) is 23.5. The summed E-state index contributed by atoms with van der Waals surface area (Å²) in [5, 5.41) is 13.9. The second-order valence-electron chi connectivity index (χ2n) is 7.28. The van der Waals surface area contributed by atoms with Gasteiger partial charge in [0.05, 0.1) is 19.8 Å². The maximum Gasteiger partial charge on any atom is 0.194 e. The van der Waals surface area contributed by atoms with Crippen molar-refractivity contribution in [2.75, 3.05) is 33.3 Å². The monoisotopic (exact) mass is 509 g/mol. The molecule has 1 saturated heterocycles. The van der Waals surface area contributed by atoms with Crippen LogP contribution in [0.3, 0.4) is 0 Å². The van der Waals surface area contributed by atoms with Crippen LogP contribution >= 0.6 is 24.0 Å². The van der Waals surface area contributed by atoms with E-state index in [-0.39, 0.29) is 24.0 Å². The number of hydrogen-bond donors (Lipinski definition) is 2. The van der Waals surface area contributed by atoms with Gasteiger partial charge in [-0.25, -0.2) is 0 Å². The number of halogens is 1. The zero-order valence-corrected chi connectivity index (χ0v) is 19.6. The standard InChI is InChI=1S/C23H31N3O2.HI/c1-3-24-23(25-16-22(27)20-10-7-11-21(15-20)28-2)26-13-12-19(17-26)14-18-8-5-4-6-9-18;/h4-11,15,19,22,27H,3,12-14,16-17H2,1-2H3,(H,24,25);1H. The SMILES string of the molecule is CCNC(=NCC(O)c1cccc(OC)c1)N1CCC(Cc2ccccc2)C1.I. The van der Waals surface area contributed by atoms with Gasteiger partial charge in [0.1, 0.15) is 5.75 Å². The van der Waals surface area contributed by atoms with Crippen LogP contribution in [0.25, 0.3) is 0 Å². The van der Waals surface area contributed by atoms with E-state index in [9.17, 15) is 5.11 Å². The summed E-state index contributed by atoms with van der Waals surface area (Å²) < 4.78 is 5.24. The molecule has 5 nitrogen and oxygen atoms in total. The second-order valence-corrected chi connectivity index (χ2v) is 7.28. The molecule has 29 heavy (non-hydrogen) atoms. The van der Waals surface area contributed by atoms with E-state index in [1.807, 2.05) is 24.3 Å². The smallest absolute Gasteiger partial charge is 0.194 e. The molecule has 2 atom stereocenters. The second kappa shape index (κ2) is 12.0. The summed E-state index contributed by atoms with van der Waals surface area (Å²) in [7, 11) is 1.63. The molecule has 0 bridgehead atoms. The van der Waals surface area contributed by atoms with Crippen LogP contribution < -0.4 is 10.1 Å². The van der Waals surface area contributed by atoms with Gasteiger partial charge in [0, 0.05) is 19.6 Å². The van der Waals surface area contributed by atoms with Crippen LogP contribution in [0.15, 0.2) is 59.6 Å². The van der Waals surface area contributed by atoms with Gasteiger partial charge in [-0.1, -0.05) is 42.5 Å². The van der Waals surface area contributed by atoms with E-state index >= 15 is 0 Å². The zero-order valence-electron chi connectivity index (χ0n) is 17.3. The highest BCUT2D eigenvalue weighted by Gasteiger charge is 2.25. The highest BCUT2D eigenvalue weighted by Crippen LogP contribution is 2.22. The van der Waals surface area contributed by atoms with Crippen molar-refractivity contribution in [1.82, 2.24) is 10.2 Å². The summed E-state index contributed by atoms with van der Waals surface area (Å²) in [4.78, 5) is 7.02. The van der Waals surface area contributed by atoms with Gasteiger partial charge in [-0.3, -0.25) is 4.99 Å². The number of aliphatic hydroxyl groups excluding tert-OH is 1. The van der Waals surface area contributed by atoms with Crippen LogP contribution in [0.2, 0.25) is 0 Å². The Bertz CT molecular complexity index is 770. The lowest BCUT2D eigenvalue weighted by molar-refractivity contribution is 0.186. The van der Waals surface area contributed by atoms with Crippen LogP contribution in [0.1, 0.15) is 30.6 Å².